The zero-order chi connectivity index (χ0) is 22.4. The number of Topliss-reactive ketones (excluding diaryl/α,β-unsaturated/α-hetero) is 1. The highest BCUT2D eigenvalue weighted by molar-refractivity contribution is 6.30. The first-order valence-corrected chi connectivity index (χ1v) is 10.6. The zero-order valence-corrected chi connectivity index (χ0v) is 18.7. The molecule has 0 fully saturated rings. The minimum absolute atomic E-state index is 0.0512. The number of hydrogen-bond acceptors (Lipinski definition) is 6. The monoisotopic (exact) mass is 448 g/mol. The summed E-state index contributed by atoms with van der Waals surface area (Å²) in [5.41, 5.74) is 5.37. The number of aromatic nitrogens is 4. The van der Waals surface area contributed by atoms with Crippen molar-refractivity contribution in [3.05, 3.63) is 70.1 Å². The number of nitrogens with zero attached hydrogens (tertiary/aromatic N) is 4. The average molecular weight is 449 g/mol. The third kappa shape index (κ3) is 3.29. The number of benzene rings is 2. The fourth-order valence-corrected chi connectivity index (χ4v) is 4.53. The highest BCUT2D eigenvalue weighted by Gasteiger charge is 2.33. The molecule has 0 unspecified atom stereocenters. The van der Waals surface area contributed by atoms with Crippen LogP contribution in [0.2, 0.25) is 5.02 Å². The van der Waals surface area contributed by atoms with Gasteiger partial charge in [0.05, 0.1) is 31.2 Å². The summed E-state index contributed by atoms with van der Waals surface area (Å²) in [6.07, 6.45) is 0.928. The third-order valence-corrected chi connectivity index (χ3v) is 6.21. The topological polar surface area (TPSA) is 78.6 Å². The van der Waals surface area contributed by atoms with Gasteiger partial charge in [-0.1, -0.05) is 29.8 Å². The number of fused-ring (bicyclic) bond motifs is 3. The Hall–Kier alpha value is -3.45. The van der Waals surface area contributed by atoms with Gasteiger partial charge in [-0.25, -0.2) is 4.52 Å². The van der Waals surface area contributed by atoms with Crippen LogP contribution in [0.15, 0.2) is 42.5 Å². The summed E-state index contributed by atoms with van der Waals surface area (Å²) in [7, 11) is 3.23. The van der Waals surface area contributed by atoms with Gasteiger partial charge >= 0.3 is 0 Å². The fourth-order valence-electron chi connectivity index (χ4n) is 4.41. The molecule has 0 saturated heterocycles. The van der Waals surface area contributed by atoms with Crippen LogP contribution in [0.3, 0.4) is 0 Å². The van der Waals surface area contributed by atoms with E-state index in [0.717, 1.165) is 28.1 Å². The molecule has 7 nitrogen and oxygen atoms in total. The van der Waals surface area contributed by atoms with Crippen molar-refractivity contribution in [1.82, 2.24) is 19.8 Å². The van der Waals surface area contributed by atoms with E-state index < -0.39 is 0 Å². The van der Waals surface area contributed by atoms with Crippen LogP contribution in [0.5, 0.6) is 11.5 Å². The van der Waals surface area contributed by atoms with Gasteiger partial charge in [0.25, 0.3) is 0 Å². The number of rotatable bonds is 4. The van der Waals surface area contributed by atoms with Gasteiger partial charge in [0.1, 0.15) is 11.5 Å². The molecule has 2 aromatic carbocycles. The second-order valence-electron chi connectivity index (χ2n) is 7.83. The highest BCUT2D eigenvalue weighted by atomic mass is 35.5. The predicted molar refractivity (Wildman–Crippen MR) is 121 cm³/mol. The van der Waals surface area contributed by atoms with Crippen LogP contribution in [0, 0.1) is 6.92 Å². The molecule has 4 aromatic rings. The molecule has 5 rings (SSSR count). The molecule has 0 N–H and O–H groups in total. The van der Waals surface area contributed by atoms with Crippen molar-refractivity contribution in [1.29, 1.82) is 0 Å². The van der Waals surface area contributed by atoms with Crippen LogP contribution in [0.1, 0.15) is 39.8 Å². The minimum Gasteiger partial charge on any atom is -0.497 e. The van der Waals surface area contributed by atoms with Gasteiger partial charge in [-0.05, 0) is 42.7 Å². The van der Waals surface area contributed by atoms with Crippen LogP contribution in [-0.2, 0) is 6.42 Å². The van der Waals surface area contributed by atoms with E-state index >= 15 is 0 Å². The first-order chi connectivity index (χ1) is 15.5. The molecule has 8 heteroatoms. The number of aryl methyl sites for hydroxylation is 1. The Morgan fingerprint density at radius 1 is 1.03 bits per heavy atom. The lowest BCUT2D eigenvalue weighted by Crippen LogP contribution is -2.24. The van der Waals surface area contributed by atoms with Crippen LogP contribution >= 0.6 is 11.6 Å². The molecule has 162 valence electrons. The first kappa shape index (κ1) is 20.5. The number of ether oxygens (including phenoxy) is 2. The number of carbonyl (C=O) groups excluding carboxylic acids is 1. The molecule has 1 aliphatic carbocycles. The Morgan fingerprint density at radius 2 is 1.81 bits per heavy atom. The van der Waals surface area contributed by atoms with E-state index in [1.54, 1.807) is 18.7 Å². The van der Waals surface area contributed by atoms with Crippen molar-refractivity contribution in [3.8, 4) is 22.6 Å². The molecular formula is C24H21ClN4O3. The summed E-state index contributed by atoms with van der Waals surface area (Å²) in [5, 5.41) is 14.1. The van der Waals surface area contributed by atoms with E-state index in [1.165, 1.54) is 0 Å². The number of ketones is 1. The second kappa shape index (κ2) is 7.91. The molecular weight excluding hydrogens is 428 g/mol. The lowest BCUT2D eigenvalue weighted by molar-refractivity contribution is 0.0955. The molecule has 2 aromatic heterocycles. The van der Waals surface area contributed by atoms with Crippen LogP contribution in [-0.4, -0.2) is 39.8 Å². The SMILES string of the molecule is COc1ccc([C@@H]2CC(=O)c3nnc4c(-c5ccc(Cl)cc5)c(C)nn4c3C2)c(OC)c1. The summed E-state index contributed by atoms with van der Waals surface area (Å²) < 4.78 is 12.7. The minimum atomic E-state index is -0.0632. The smallest absolute Gasteiger partial charge is 0.185 e. The zero-order valence-electron chi connectivity index (χ0n) is 17.9. The average Bonchev–Trinajstić information content (AvgIpc) is 3.15. The third-order valence-electron chi connectivity index (χ3n) is 5.96. The van der Waals surface area contributed by atoms with Crippen molar-refractivity contribution in [2.75, 3.05) is 14.2 Å². The van der Waals surface area contributed by atoms with E-state index in [9.17, 15) is 4.79 Å². The summed E-state index contributed by atoms with van der Waals surface area (Å²) in [4.78, 5) is 13.0. The maximum Gasteiger partial charge on any atom is 0.185 e. The van der Waals surface area contributed by atoms with Gasteiger partial charge in [-0.3, -0.25) is 4.79 Å². The lowest BCUT2D eigenvalue weighted by atomic mass is 9.83. The molecule has 0 aliphatic heterocycles. The largest absolute Gasteiger partial charge is 0.497 e. The molecule has 0 radical (unpaired) electrons. The predicted octanol–water partition coefficient (Wildman–Crippen LogP) is 4.68. The molecule has 32 heavy (non-hydrogen) atoms. The van der Waals surface area contributed by atoms with E-state index in [1.807, 2.05) is 49.4 Å². The summed E-state index contributed by atoms with van der Waals surface area (Å²) in [5.74, 6) is 1.29. The fraction of sp³-hybridized carbons (Fsp3) is 0.250. The Kier molecular flexibility index (Phi) is 5.06. The van der Waals surface area contributed by atoms with Gasteiger partial charge < -0.3 is 9.47 Å². The Balaban J connectivity index is 1.63. The lowest BCUT2D eigenvalue weighted by Gasteiger charge is -2.24. The molecule has 1 atom stereocenters. The number of methoxy groups -OCH3 is 2. The van der Waals surface area contributed by atoms with Crippen LogP contribution in [0.25, 0.3) is 16.8 Å². The van der Waals surface area contributed by atoms with Gasteiger partial charge in [0.15, 0.2) is 17.1 Å². The molecule has 0 amide bonds. The van der Waals surface area contributed by atoms with Gasteiger partial charge in [-0.2, -0.15) is 5.10 Å². The van der Waals surface area contributed by atoms with Crippen molar-refractivity contribution < 1.29 is 14.3 Å². The van der Waals surface area contributed by atoms with Gasteiger partial charge in [0.2, 0.25) is 0 Å². The molecule has 2 heterocycles. The van der Waals surface area contributed by atoms with Crippen molar-refractivity contribution >= 4 is 23.0 Å². The van der Waals surface area contributed by atoms with Gasteiger partial charge in [0, 0.05) is 23.4 Å². The summed E-state index contributed by atoms with van der Waals surface area (Å²) in [6, 6.07) is 13.2. The highest BCUT2D eigenvalue weighted by Crippen LogP contribution is 2.39. The number of hydrogen-bond donors (Lipinski definition) is 0. The molecule has 0 bridgehead atoms. The first-order valence-electron chi connectivity index (χ1n) is 10.3. The van der Waals surface area contributed by atoms with E-state index in [4.69, 9.17) is 26.2 Å². The van der Waals surface area contributed by atoms with E-state index in [2.05, 4.69) is 10.2 Å². The van der Waals surface area contributed by atoms with Crippen molar-refractivity contribution in [2.45, 2.75) is 25.7 Å². The van der Waals surface area contributed by atoms with E-state index in [0.29, 0.717) is 40.7 Å². The van der Waals surface area contributed by atoms with Crippen molar-refractivity contribution in [3.63, 3.8) is 0 Å². The van der Waals surface area contributed by atoms with Gasteiger partial charge in [-0.15, -0.1) is 10.2 Å². The van der Waals surface area contributed by atoms with Crippen LogP contribution in [0.4, 0.5) is 0 Å². The second-order valence-corrected chi connectivity index (χ2v) is 8.27. The molecule has 1 aliphatic rings. The maximum absolute atomic E-state index is 13.0. The normalized spacial score (nSPS) is 15.6. The van der Waals surface area contributed by atoms with E-state index in [-0.39, 0.29) is 11.7 Å². The molecule has 0 saturated carbocycles. The maximum atomic E-state index is 13.0. The number of carbonyl (C=O) groups is 1. The Bertz CT molecular complexity index is 1350. The Labute approximate surface area is 190 Å². The summed E-state index contributed by atoms with van der Waals surface area (Å²) in [6.45, 7) is 1.93. The van der Waals surface area contributed by atoms with Crippen LogP contribution < -0.4 is 9.47 Å². The summed E-state index contributed by atoms with van der Waals surface area (Å²) >= 11 is 6.06. The molecule has 0 spiro atoms. The Morgan fingerprint density at radius 3 is 2.53 bits per heavy atom. The standard InChI is InChI=1S/C24H21ClN4O3/c1-13-22(14-4-6-16(25)7-5-14)24-27-26-23-19(29(24)28-13)10-15(11-20(23)30)18-9-8-17(31-2)12-21(18)32-3/h4-9,12,15H,10-11H2,1-3H3/t15-/m0/s1. The quantitative estimate of drug-likeness (QED) is 0.451. The number of halogens is 1. The van der Waals surface area contributed by atoms with Crippen molar-refractivity contribution in [2.24, 2.45) is 0 Å².